The van der Waals surface area contributed by atoms with Crippen molar-refractivity contribution in [2.24, 2.45) is 0 Å². The first kappa shape index (κ1) is 20.5. The second-order valence-electron chi connectivity index (χ2n) is 6.03. The van der Waals surface area contributed by atoms with Gasteiger partial charge < -0.3 is 25.8 Å². The molecule has 0 fully saturated rings. The molecule has 0 aliphatic heterocycles. The molecular formula is C20H18FN5O4. The number of carbonyl (C=O) groups excluding carboxylic acids is 2. The van der Waals surface area contributed by atoms with E-state index in [1.807, 2.05) is 0 Å². The van der Waals surface area contributed by atoms with Gasteiger partial charge in [-0.1, -0.05) is 6.07 Å². The Morgan fingerprint density at radius 1 is 1.10 bits per heavy atom. The number of benzene rings is 2. The number of aromatic hydroxyl groups is 1. The fraction of sp³-hybridized carbons (Fsp3) is 0.100. The minimum atomic E-state index is -0.670. The van der Waals surface area contributed by atoms with Crippen LogP contribution in [0, 0.1) is 5.82 Å². The Bertz CT molecular complexity index is 1060. The summed E-state index contributed by atoms with van der Waals surface area (Å²) in [5, 5.41) is 17.6. The van der Waals surface area contributed by atoms with Crippen molar-refractivity contribution in [3.8, 4) is 5.75 Å². The largest absolute Gasteiger partial charge is 0.508 e. The van der Waals surface area contributed by atoms with Gasteiger partial charge in [-0.2, -0.15) is 4.98 Å². The van der Waals surface area contributed by atoms with Gasteiger partial charge >= 0.3 is 5.97 Å². The summed E-state index contributed by atoms with van der Waals surface area (Å²) in [5.41, 5.74) is 1.34. The molecule has 2 aromatic carbocycles. The normalized spacial score (nSPS) is 10.2. The Balaban J connectivity index is 1.68. The quantitative estimate of drug-likeness (QED) is 0.437. The van der Waals surface area contributed by atoms with Gasteiger partial charge in [0.2, 0.25) is 5.95 Å². The maximum atomic E-state index is 14.1. The minimum Gasteiger partial charge on any atom is -0.508 e. The molecule has 30 heavy (non-hydrogen) atoms. The van der Waals surface area contributed by atoms with Crippen LogP contribution < -0.4 is 16.0 Å². The molecule has 3 rings (SSSR count). The third-order valence-corrected chi connectivity index (χ3v) is 3.88. The average Bonchev–Trinajstić information content (AvgIpc) is 2.74. The minimum absolute atomic E-state index is 0.0659. The van der Waals surface area contributed by atoms with E-state index < -0.39 is 17.7 Å². The number of nitrogens with one attached hydrogen (secondary N) is 3. The molecule has 154 valence electrons. The molecule has 4 N–H and O–H groups in total. The van der Waals surface area contributed by atoms with E-state index in [1.54, 1.807) is 24.3 Å². The molecule has 0 atom stereocenters. The number of aromatic nitrogens is 2. The van der Waals surface area contributed by atoms with Crippen LogP contribution in [0.2, 0.25) is 0 Å². The molecule has 10 heteroatoms. The second kappa shape index (κ2) is 9.32. The predicted molar refractivity (Wildman–Crippen MR) is 107 cm³/mol. The number of amides is 1. The first-order valence-corrected chi connectivity index (χ1v) is 8.75. The molecule has 0 saturated heterocycles. The van der Waals surface area contributed by atoms with Crippen LogP contribution in [0.25, 0.3) is 0 Å². The summed E-state index contributed by atoms with van der Waals surface area (Å²) in [6.45, 7) is -0.240. The highest BCUT2D eigenvalue weighted by atomic mass is 19.1. The topological polar surface area (TPSA) is 125 Å². The van der Waals surface area contributed by atoms with Gasteiger partial charge in [-0.05, 0) is 36.4 Å². The molecule has 0 aliphatic carbocycles. The van der Waals surface area contributed by atoms with E-state index >= 15 is 0 Å². The Morgan fingerprint density at radius 2 is 1.87 bits per heavy atom. The van der Waals surface area contributed by atoms with Gasteiger partial charge in [-0.15, -0.1) is 0 Å². The van der Waals surface area contributed by atoms with E-state index in [0.29, 0.717) is 16.9 Å². The highest BCUT2D eigenvalue weighted by molar-refractivity contribution is 5.96. The van der Waals surface area contributed by atoms with Crippen molar-refractivity contribution in [2.45, 2.75) is 0 Å². The number of nitrogens with zero attached hydrogens (tertiary/aromatic N) is 2. The zero-order chi connectivity index (χ0) is 21.5. The first-order valence-electron chi connectivity index (χ1n) is 8.75. The van der Waals surface area contributed by atoms with Gasteiger partial charge in [-0.25, -0.2) is 9.37 Å². The highest BCUT2D eigenvalue weighted by Gasteiger charge is 2.10. The third kappa shape index (κ3) is 5.41. The molecule has 9 nitrogen and oxygen atoms in total. The van der Waals surface area contributed by atoms with Crippen LogP contribution in [-0.2, 0) is 9.53 Å². The first-order chi connectivity index (χ1) is 14.4. The Kier molecular flexibility index (Phi) is 6.38. The lowest BCUT2D eigenvalue weighted by atomic mass is 10.2. The molecule has 3 aromatic rings. The van der Waals surface area contributed by atoms with Crippen molar-refractivity contribution in [1.29, 1.82) is 0 Å². The predicted octanol–water partition coefficient (Wildman–Crippen LogP) is 2.71. The van der Waals surface area contributed by atoms with Gasteiger partial charge in [0.05, 0.1) is 13.3 Å². The highest BCUT2D eigenvalue weighted by Crippen LogP contribution is 2.22. The number of halogens is 1. The van der Waals surface area contributed by atoms with Crippen LogP contribution in [0.15, 0.2) is 54.7 Å². The van der Waals surface area contributed by atoms with E-state index in [9.17, 15) is 19.1 Å². The molecule has 0 aliphatic rings. The second-order valence-corrected chi connectivity index (χ2v) is 6.03. The van der Waals surface area contributed by atoms with Crippen molar-refractivity contribution in [3.05, 3.63) is 66.1 Å². The summed E-state index contributed by atoms with van der Waals surface area (Å²) < 4.78 is 18.6. The number of ether oxygens (including phenoxy) is 1. The standard InChI is InChI=1S/C20H18FN5O4/c1-30-17(28)11-22-19(29)12-5-7-13(8-6-12)24-18-16(21)10-23-20(26-18)25-14-3-2-4-15(27)9-14/h2-10,27H,11H2,1H3,(H,22,29)(H2,23,24,25,26). The number of carbonyl (C=O) groups is 2. The number of anilines is 4. The molecular weight excluding hydrogens is 393 g/mol. The zero-order valence-electron chi connectivity index (χ0n) is 15.8. The van der Waals surface area contributed by atoms with Gasteiger partial charge in [0.1, 0.15) is 12.3 Å². The van der Waals surface area contributed by atoms with Crippen LogP contribution >= 0.6 is 0 Å². The molecule has 0 spiro atoms. The lowest BCUT2D eigenvalue weighted by Crippen LogP contribution is -2.30. The van der Waals surface area contributed by atoms with Crippen molar-refractivity contribution in [2.75, 3.05) is 24.3 Å². The Labute approximate surface area is 170 Å². The van der Waals surface area contributed by atoms with Crippen LogP contribution in [0.1, 0.15) is 10.4 Å². The Hall–Kier alpha value is -4.21. The van der Waals surface area contributed by atoms with Crippen molar-refractivity contribution < 1.29 is 23.8 Å². The van der Waals surface area contributed by atoms with Gasteiger partial charge in [0.15, 0.2) is 11.6 Å². The lowest BCUT2D eigenvalue weighted by Gasteiger charge is -2.10. The SMILES string of the molecule is COC(=O)CNC(=O)c1ccc(Nc2nc(Nc3cccc(O)c3)ncc2F)cc1. The summed E-state index contributed by atoms with van der Waals surface area (Å²) in [7, 11) is 1.23. The maximum Gasteiger partial charge on any atom is 0.325 e. The number of phenolic OH excluding ortho intramolecular Hbond substituents is 1. The van der Waals surface area contributed by atoms with Crippen LogP contribution in [0.3, 0.4) is 0 Å². The molecule has 1 amide bonds. The summed E-state index contributed by atoms with van der Waals surface area (Å²) >= 11 is 0. The summed E-state index contributed by atoms with van der Waals surface area (Å²) in [6, 6.07) is 12.5. The Morgan fingerprint density at radius 3 is 2.57 bits per heavy atom. The number of methoxy groups -OCH3 is 1. The van der Waals surface area contributed by atoms with Gasteiger partial charge in [-0.3, -0.25) is 9.59 Å². The molecule has 0 bridgehead atoms. The number of hydrogen-bond donors (Lipinski definition) is 4. The van der Waals surface area contributed by atoms with Crippen molar-refractivity contribution in [1.82, 2.24) is 15.3 Å². The molecule has 0 saturated carbocycles. The molecule has 0 radical (unpaired) electrons. The van der Waals surface area contributed by atoms with Crippen LogP contribution in [0.5, 0.6) is 5.75 Å². The van der Waals surface area contributed by atoms with E-state index in [0.717, 1.165) is 6.20 Å². The number of hydrogen-bond acceptors (Lipinski definition) is 8. The van der Waals surface area contributed by atoms with E-state index in [1.165, 1.54) is 31.4 Å². The summed E-state index contributed by atoms with van der Waals surface area (Å²) in [6.07, 6.45) is 1.01. The van der Waals surface area contributed by atoms with Crippen molar-refractivity contribution >= 4 is 35.0 Å². The van der Waals surface area contributed by atoms with Gasteiger partial charge in [0, 0.05) is 23.0 Å². The number of esters is 1. The van der Waals surface area contributed by atoms with E-state index in [2.05, 4.69) is 30.7 Å². The average molecular weight is 411 g/mol. The maximum absolute atomic E-state index is 14.1. The third-order valence-electron chi connectivity index (χ3n) is 3.88. The van der Waals surface area contributed by atoms with Crippen molar-refractivity contribution in [3.63, 3.8) is 0 Å². The summed E-state index contributed by atoms with van der Waals surface area (Å²) in [4.78, 5) is 31.0. The zero-order valence-corrected chi connectivity index (χ0v) is 15.8. The number of phenols is 1. The van der Waals surface area contributed by atoms with E-state index in [4.69, 9.17) is 0 Å². The van der Waals surface area contributed by atoms with Crippen LogP contribution in [-0.4, -0.2) is 40.6 Å². The molecule has 1 heterocycles. The number of rotatable bonds is 7. The molecule has 1 aromatic heterocycles. The van der Waals surface area contributed by atoms with E-state index in [-0.39, 0.29) is 24.1 Å². The monoisotopic (exact) mass is 411 g/mol. The fourth-order valence-electron chi connectivity index (χ4n) is 2.40. The lowest BCUT2D eigenvalue weighted by molar-refractivity contribution is -0.139. The molecule has 0 unspecified atom stereocenters. The summed E-state index contributed by atoms with van der Waals surface area (Å²) in [5.74, 6) is -1.56. The smallest absolute Gasteiger partial charge is 0.325 e. The van der Waals surface area contributed by atoms with Crippen LogP contribution in [0.4, 0.5) is 27.5 Å². The fourth-order valence-corrected chi connectivity index (χ4v) is 2.40. The van der Waals surface area contributed by atoms with Gasteiger partial charge in [0.25, 0.3) is 5.91 Å².